The van der Waals surface area contributed by atoms with Gasteiger partial charge in [0.25, 0.3) is 0 Å². The van der Waals surface area contributed by atoms with Crippen molar-refractivity contribution >= 4 is 11.6 Å². The second-order valence-electron chi connectivity index (χ2n) is 7.53. The molecular weight excluding hydrogens is 358 g/mol. The van der Waals surface area contributed by atoms with Crippen LogP contribution in [0.25, 0.3) is 0 Å². The lowest BCUT2D eigenvalue weighted by Gasteiger charge is -2.20. The van der Waals surface area contributed by atoms with Crippen molar-refractivity contribution in [3.05, 3.63) is 95.3 Å². The maximum Gasteiger partial charge on any atom is 0.220 e. The predicted molar refractivity (Wildman–Crippen MR) is 117 cm³/mol. The van der Waals surface area contributed by atoms with E-state index in [2.05, 4.69) is 64.1 Å². The number of anilines is 1. The van der Waals surface area contributed by atoms with Crippen molar-refractivity contribution < 1.29 is 4.79 Å². The maximum absolute atomic E-state index is 12.7. The molecule has 0 fully saturated rings. The van der Waals surface area contributed by atoms with Crippen LogP contribution in [0.2, 0.25) is 0 Å². The van der Waals surface area contributed by atoms with Crippen LogP contribution in [-0.4, -0.2) is 24.0 Å². The number of aryl methyl sites for hydroxylation is 2. The van der Waals surface area contributed by atoms with Gasteiger partial charge in [-0.15, -0.1) is 0 Å². The molecule has 0 aliphatic heterocycles. The number of hydrogen-bond acceptors (Lipinski definition) is 3. The number of pyridine rings is 1. The van der Waals surface area contributed by atoms with Crippen LogP contribution in [0.4, 0.5) is 5.69 Å². The first kappa shape index (κ1) is 19.2. The molecule has 1 amide bonds. The van der Waals surface area contributed by atoms with Gasteiger partial charge in [0.2, 0.25) is 5.91 Å². The van der Waals surface area contributed by atoms with Gasteiger partial charge in [0.1, 0.15) is 0 Å². The Balaban J connectivity index is 1.36. The zero-order valence-corrected chi connectivity index (χ0v) is 16.6. The molecule has 0 bridgehead atoms. The van der Waals surface area contributed by atoms with E-state index in [-0.39, 0.29) is 11.8 Å². The van der Waals surface area contributed by atoms with E-state index in [0.29, 0.717) is 13.0 Å². The molecule has 4 nitrogen and oxygen atoms in total. The number of fused-ring (bicyclic) bond motifs is 2. The zero-order chi connectivity index (χ0) is 19.9. The minimum absolute atomic E-state index is 0.114. The van der Waals surface area contributed by atoms with E-state index in [1.165, 1.54) is 22.3 Å². The molecule has 1 aliphatic carbocycles. The van der Waals surface area contributed by atoms with Crippen LogP contribution in [0.3, 0.4) is 0 Å². The van der Waals surface area contributed by atoms with E-state index >= 15 is 0 Å². The lowest BCUT2D eigenvalue weighted by Crippen LogP contribution is -2.27. The minimum atomic E-state index is 0.114. The Hall–Kier alpha value is -3.14. The lowest BCUT2D eigenvalue weighted by atomic mass is 9.85. The summed E-state index contributed by atoms with van der Waals surface area (Å²) in [5, 5.41) is 6.42. The molecule has 0 spiro atoms. The van der Waals surface area contributed by atoms with E-state index in [1.807, 2.05) is 12.1 Å². The molecular formula is C25H27N3O. The van der Waals surface area contributed by atoms with Crippen molar-refractivity contribution in [2.45, 2.75) is 31.6 Å². The summed E-state index contributed by atoms with van der Waals surface area (Å²) >= 11 is 0. The van der Waals surface area contributed by atoms with Crippen molar-refractivity contribution in [2.75, 3.05) is 18.4 Å². The Morgan fingerprint density at radius 3 is 2.24 bits per heavy atom. The number of amides is 1. The summed E-state index contributed by atoms with van der Waals surface area (Å²) in [7, 11) is 0. The van der Waals surface area contributed by atoms with E-state index in [1.54, 1.807) is 12.4 Å². The van der Waals surface area contributed by atoms with Gasteiger partial charge in [-0.3, -0.25) is 9.78 Å². The average Bonchev–Trinajstić information content (AvgIpc) is 2.92. The first-order chi connectivity index (χ1) is 14.3. The number of carbonyl (C=O) groups excluding carboxylic acids is 1. The third-order valence-electron chi connectivity index (χ3n) is 5.58. The van der Waals surface area contributed by atoms with E-state index in [4.69, 9.17) is 0 Å². The standard InChI is InChI=1S/C25H27N3O/c29-25(28-16-6-15-27-21-9-5-14-26-18-21)17-24-22-10-3-1-7-19(22)12-13-20-8-2-4-11-23(20)24/h1-5,7-11,14,18,24,27H,6,12-13,15-17H2,(H,28,29). The molecule has 2 aromatic carbocycles. The van der Waals surface area contributed by atoms with Crippen LogP contribution in [0.5, 0.6) is 0 Å². The van der Waals surface area contributed by atoms with Gasteiger partial charge < -0.3 is 10.6 Å². The number of nitrogens with zero attached hydrogens (tertiary/aromatic N) is 1. The quantitative estimate of drug-likeness (QED) is 0.596. The highest BCUT2D eigenvalue weighted by molar-refractivity contribution is 5.77. The molecule has 0 unspecified atom stereocenters. The SMILES string of the molecule is O=C(CC1c2ccccc2CCc2ccccc21)NCCCNc1cccnc1. The minimum Gasteiger partial charge on any atom is -0.384 e. The lowest BCUT2D eigenvalue weighted by molar-refractivity contribution is -0.121. The molecule has 0 radical (unpaired) electrons. The fourth-order valence-corrected chi connectivity index (χ4v) is 4.13. The van der Waals surface area contributed by atoms with Gasteiger partial charge in [0.05, 0.1) is 5.69 Å². The van der Waals surface area contributed by atoms with Crippen LogP contribution in [0, 0.1) is 0 Å². The van der Waals surface area contributed by atoms with Gasteiger partial charge in [-0.25, -0.2) is 0 Å². The Morgan fingerprint density at radius 2 is 1.59 bits per heavy atom. The molecule has 148 valence electrons. The molecule has 29 heavy (non-hydrogen) atoms. The van der Waals surface area contributed by atoms with Crippen LogP contribution < -0.4 is 10.6 Å². The maximum atomic E-state index is 12.7. The molecule has 4 heteroatoms. The number of nitrogens with one attached hydrogen (secondary N) is 2. The predicted octanol–water partition coefficient (Wildman–Crippen LogP) is 4.32. The Labute approximate surface area is 172 Å². The number of benzene rings is 2. The highest BCUT2D eigenvalue weighted by atomic mass is 16.1. The van der Waals surface area contributed by atoms with Crippen LogP contribution >= 0.6 is 0 Å². The first-order valence-electron chi connectivity index (χ1n) is 10.4. The van der Waals surface area contributed by atoms with E-state index < -0.39 is 0 Å². The number of rotatable bonds is 7. The number of aromatic nitrogens is 1. The third-order valence-corrected chi connectivity index (χ3v) is 5.58. The summed E-state index contributed by atoms with van der Waals surface area (Å²) < 4.78 is 0. The van der Waals surface area contributed by atoms with Crippen LogP contribution in [-0.2, 0) is 17.6 Å². The van der Waals surface area contributed by atoms with Crippen molar-refractivity contribution in [1.82, 2.24) is 10.3 Å². The monoisotopic (exact) mass is 385 g/mol. The molecule has 1 heterocycles. The molecule has 0 saturated heterocycles. The fourth-order valence-electron chi connectivity index (χ4n) is 4.13. The highest BCUT2D eigenvalue weighted by Gasteiger charge is 2.25. The van der Waals surface area contributed by atoms with Crippen molar-refractivity contribution in [3.8, 4) is 0 Å². The summed E-state index contributed by atoms with van der Waals surface area (Å²) in [4.78, 5) is 16.8. The van der Waals surface area contributed by atoms with Gasteiger partial charge >= 0.3 is 0 Å². The molecule has 0 saturated carbocycles. The van der Waals surface area contributed by atoms with Gasteiger partial charge in [0, 0.05) is 37.8 Å². The summed E-state index contributed by atoms with van der Waals surface area (Å²) in [5.74, 6) is 0.237. The second-order valence-corrected chi connectivity index (χ2v) is 7.53. The Morgan fingerprint density at radius 1 is 0.897 bits per heavy atom. The summed E-state index contributed by atoms with van der Waals surface area (Å²) in [6.45, 7) is 1.48. The second kappa shape index (κ2) is 9.37. The van der Waals surface area contributed by atoms with Crippen LogP contribution in [0.15, 0.2) is 73.1 Å². The molecule has 4 rings (SSSR count). The summed E-state index contributed by atoms with van der Waals surface area (Å²) in [6.07, 6.45) is 6.99. The number of hydrogen-bond donors (Lipinski definition) is 2. The van der Waals surface area contributed by atoms with Crippen molar-refractivity contribution in [2.24, 2.45) is 0 Å². The van der Waals surface area contributed by atoms with Gasteiger partial charge in [0.15, 0.2) is 0 Å². The molecule has 1 aliphatic rings. The topological polar surface area (TPSA) is 54.0 Å². The van der Waals surface area contributed by atoms with Gasteiger partial charge in [-0.1, -0.05) is 48.5 Å². The largest absolute Gasteiger partial charge is 0.384 e. The highest BCUT2D eigenvalue weighted by Crippen LogP contribution is 2.36. The van der Waals surface area contributed by atoms with Crippen molar-refractivity contribution in [1.29, 1.82) is 0 Å². The summed E-state index contributed by atoms with van der Waals surface area (Å²) in [6, 6.07) is 21.1. The molecule has 2 N–H and O–H groups in total. The molecule has 0 atom stereocenters. The van der Waals surface area contributed by atoms with Crippen LogP contribution in [0.1, 0.15) is 41.0 Å². The van der Waals surface area contributed by atoms with Gasteiger partial charge in [-0.05, 0) is 53.6 Å². The van der Waals surface area contributed by atoms with Crippen molar-refractivity contribution in [3.63, 3.8) is 0 Å². The molecule has 1 aromatic heterocycles. The first-order valence-corrected chi connectivity index (χ1v) is 10.4. The Bertz CT molecular complexity index is 908. The molecule has 3 aromatic rings. The third kappa shape index (κ3) is 4.83. The van der Waals surface area contributed by atoms with Gasteiger partial charge in [-0.2, -0.15) is 0 Å². The zero-order valence-electron chi connectivity index (χ0n) is 16.6. The normalized spacial score (nSPS) is 13.1. The number of carbonyl (C=O) groups is 1. The average molecular weight is 386 g/mol. The fraction of sp³-hybridized carbons (Fsp3) is 0.280. The Kier molecular flexibility index (Phi) is 6.20. The van der Waals surface area contributed by atoms with E-state index in [9.17, 15) is 4.79 Å². The van der Waals surface area contributed by atoms with E-state index in [0.717, 1.165) is 31.5 Å². The summed E-state index contributed by atoms with van der Waals surface area (Å²) in [5.41, 5.74) is 6.33. The smallest absolute Gasteiger partial charge is 0.220 e.